The van der Waals surface area contributed by atoms with E-state index in [1.807, 2.05) is 24.0 Å². The smallest absolute Gasteiger partial charge is 0.324 e. The summed E-state index contributed by atoms with van der Waals surface area (Å²) < 4.78 is 30.2. The Labute approximate surface area is 185 Å². The van der Waals surface area contributed by atoms with Gasteiger partial charge in [-0.25, -0.2) is 4.39 Å². The maximum atomic E-state index is 13.8. The monoisotopic (exact) mass is 440 g/mol. The summed E-state index contributed by atoms with van der Waals surface area (Å²) in [7, 11) is 1.58. The highest BCUT2D eigenvalue weighted by atomic mass is 19.1. The van der Waals surface area contributed by atoms with Crippen molar-refractivity contribution in [2.45, 2.75) is 19.8 Å². The average molecular weight is 440 g/mol. The van der Waals surface area contributed by atoms with E-state index in [0.717, 1.165) is 5.56 Å². The molecule has 9 heteroatoms. The normalized spacial score (nSPS) is 14.3. The van der Waals surface area contributed by atoms with E-state index in [9.17, 15) is 9.18 Å². The second kappa shape index (κ2) is 9.67. The summed E-state index contributed by atoms with van der Waals surface area (Å²) in [6, 6.07) is 12.0. The van der Waals surface area contributed by atoms with Crippen molar-refractivity contribution in [1.29, 1.82) is 0 Å². The van der Waals surface area contributed by atoms with Crippen LogP contribution in [0.1, 0.15) is 19.8 Å². The largest absolute Gasteiger partial charge is 0.493 e. The standard InChI is InChI=1S/C23H25FN4O4/c1-3-31-19-9-8-16(14-20(19)30-2)21-26-23(32-27-21)28-12-10-15(11-13-28)22(29)25-18-7-5-4-6-17(18)24/h4-9,14-15H,3,10-13H2,1-2H3,(H,25,29). The van der Waals surface area contributed by atoms with Gasteiger partial charge in [0.05, 0.1) is 19.4 Å². The van der Waals surface area contributed by atoms with Gasteiger partial charge in [0.15, 0.2) is 11.5 Å². The molecule has 32 heavy (non-hydrogen) atoms. The first-order valence-corrected chi connectivity index (χ1v) is 10.5. The number of rotatable bonds is 7. The fourth-order valence-electron chi connectivity index (χ4n) is 3.67. The van der Waals surface area contributed by atoms with Crippen LogP contribution in [0.4, 0.5) is 16.1 Å². The van der Waals surface area contributed by atoms with Crippen LogP contribution in [-0.2, 0) is 4.79 Å². The van der Waals surface area contributed by atoms with E-state index >= 15 is 0 Å². The van der Waals surface area contributed by atoms with Crippen LogP contribution in [0, 0.1) is 11.7 Å². The predicted molar refractivity (Wildman–Crippen MR) is 117 cm³/mol. The third-order valence-corrected chi connectivity index (χ3v) is 5.40. The van der Waals surface area contributed by atoms with Crippen molar-refractivity contribution in [2.24, 2.45) is 5.92 Å². The maximum Gasteiger partial charge on any atom is 0.324 e. The molecule has 2 aromatic carbocycles. The van der Waals surface area contributed by atoms with E-state index in [4.69, 9.17) is 14.0 Å². The summed E-state index contributed by atoms with van der Waals surface area (Å²) >= 11 is 0. The lowest BCUT2D eigenvalue weighted by molar-refractivity contribution is -0.120. The van der Waals surface area contributed by atoms with Gasteiger partial charge in [-0.1, -0.05) is 17.3 Å². The Bertz CT molecular complexity index is 1080. The van der Waals surface area contributed by atoms with Gasteiger partial charge in [0.2, 0.25) is 11.7 Å². The Morgan fingerprint density at radius 1 is 1.22 bits per heavy atom. The highest BCUT2D eigenvalue weighted by Crippen LogP contribution is 2.32. The van der Waals surface area contributed by atoms with Crippen LogP contribution in [0.15, 0.2) is 47.0 Å². The number of halogens is 1. The van der Waals surface area contributed by atoms with E-state index in [-0.39, 0.29) is 17.5 Å². The summed E-state index contributed by atoms with van der Waals surface area (Å²) in [5.41, 5.74) is 0.951. The number of aromatic nitrogens is 2. The Morgan fingerprint density at radius 3 is 2.72 bits per heavy atom. The Hall–Kier alpha value is -3.62. The predicted octanol–water partition coefficient (Wildman–Crippen LogP) is 4.14. The number of hydrogen-bond donors (Lipinski definition) is 1. The highest BCUT2D eigenvalue weighted by Gasteiger charge is 2.28. The summed E-state index contributed by atoms with van der Waals surface area (Å²) in [5.74, 6) is 0.866. The lowest BCUT2D eigenvalue weighted by Gasteiger charge is -2.29. The molecule has 3 aromatic rings. The molecule has 0 atom stereocenters. The van der Waals surface area contributed by atoms with E-state index in [0.29, 0.717) is 55.9 Å². The second-order valence-electron chi connectivity index (χ2n) is 7.43. The molecule has 1 saturated heterocycles. The van der Waals surface area contributed by atoms with Gasteiger partial charge in [-0.3, -0.25) is 4.79 Å². The lowest BCUT2D eigenvalue weighted by atomic mass is 9.96. The minimum absolute atomic E-state index is 0.178. The zero-order valence-corrected chi connectivity index (χ0v) is 18.0. The number of hydrogen-bond acceptors (Lipinski definition) is 7. The van der Waals surface area contributed by atoms with Gasteiger partial charge in [0, 0.05) is 24.6 Å². The zero-order valence-electron chi connectivity index (χ0n) is 18.0. The fraction of sp³-hybridized carbons (Fsp3) is 0.348. The van der Waals surface area contributed by atoms with Crippen molar-refractivity contribution in [2.75, 3.05) is 37.0 Å². The van der Waals surface area contributed by atoms with Gasteiger partial charge in [0.25, 0.3) is 0 Å². The molecule has 0 unspecified atom stereocenters. The van der Waals surface area contributed by atoms with Crippen LogP contribution < -0.4 is 19.7 Å². The van der Waals surface area contributed by atoms with Gasteiger partial charge < -0.3 is 24.2 Å². The van der Waals surface area contributed by atoms with Crippen molar-refractivity contribution in [3.8, 4) is 22.9 Å². The number of para-hydroxylation sites is 1. The van der Waals surface area contributed by atoms with Crippen molar-refractivity contribution in [1.82, 2.24) is 10.1 Å². The maximum absolute atomic E-state index is 13.8. The zero-order chi connectivity index (χ0) is 22.5. The number of anilines is 2. The van der Waals surface area contributed by atoms with Crippen molar-refractivity contribution < 1.29 is 23.2 Å². The summed E-state index contributed by atoms with van der Waals surface area (Å²) in [4.78, 5) is 19.0. The molecule has 168 valence electrons. The van der Waals surface area contributed by atoms with Gasteiger partial charge >= 0.3 is 6.01 Å². The number of ether oxygens (including phenoxy) is 2. The van der Waals surface area contributed by atoms with E-state index in [1.165, 1.54) is 6.07 Å². The number of carbonyl (C=O) groups excluding carboxylic acids is 1. The quantitative estimate of drug-likeness (QED) is 0.591. The minimum atomic E-state index is -0.442. The molecule has 1 fully saturated rings. The summed E-state index contributed by atoms with van der Waals surface area (Å²) in [5, 5.41) is 6.77. The minimum Gasteiger partial charge on any atom is -0.493 e. The molecule has 0 spiro atoms. The number of methoxy groups -OCH3 is 1. The molecular weight excluding hydrogens is 415 g/mol. The average Bonchev–Trinajstić information content (AvgIpc) is 3.31. The Kier molecular flexibility index (Phi) is 6.53. The van der Waals surface area contributed by atoms with Gasteiger partial charge in [-0.05, 0) is 50.1 Å². The van der Waals surface area contributed by atoms with Crippen LogP contribution in [0.25, 0.3) is 11.4 Å². The third-order valence-electron chi connectivity index (χ3n) is 5.40. The molecule has 2 heterocycles. The molecule has 0 radical (unpaired) electrons. The molecule has 1 aromatic heterocycles. The summed E-state index contributed by atoms with van der Waals surface area (Å²) in [6.45, 7) is 3.62. The third kappa shape index (κ3) is 4.66. The first-order chi connectivity index (χ1) is 15.6. The first-order valence-electron chi connectivity index (χ1n) is 10.5. The van der Waals surface area contributed by atoms with Crippen LogP contribution in [0.3, 0.4) is 0 Å². The molecule has 0 saturated carbocycles. The lowest BCUT2D eigenvalue weighted by Crippen LogP contribution is -2.38. The SMILES string of the molecule is CCOc1ccc(-c2noc(N3CCC(C(=O)Nc4ccccc4F)CC3)n2)cc1OC. The molecule has 0 bridgehead atoms. The second-order valence-corrected chi connectivity index (χ2v) is 7.43. The molecular formula is C23H25FN4O4. The van der Waals surface area contributed by atoms with E-state index in [1.54, 1.807) is 31.4 Å². The van der Waals surface area contributed by atoms with Crippen molar-refractivity contribution in [3.05, 3.63) is 48.3 Å². The van der Waals surface area contributed by atoms with Crippen molar-refractivity contribution in [3.63, 3.8) is 0 Å². The van der Waals surface area contributed by atoms with Crippen LogP contribution in [0.2, 0.25) is 0 Å². The van der Waals surface area contributed by atoms with Crippen LogP contribution >= 0.6 is 0 Å². The number of amides is 1. The summed E-state index contributed by atoms with van der Waals surface area (Å²) in [6.07, 6.45) is 1.21. The molecule has 1 aliphatic rings. The first kappa shape index (κ1) is 21.6. The number of nitrogens with one attached hydrogen (secondary N) is 1. The number of benzene rings is 2. The van der Waals surface area contributed by atoms with E-state index < -0.39 is 5.82 Å². The Balaban J connectivity index is 1.38. The molecule has 1 aliphatic heterocycles. The highest BCUT2D eigenvalue weighted by molar-refractivity contribution is 5.92. The topological polar surface area (TPSA) is 89.7 Å². The van der Waals surface area contributed by atoms with Crippen molar-refractivity contribution >= 4 is 17.6 Å². The van der Waals surface area contributed by atoms with E-state index in [2.05, 4.69) is 15.5 Å². The van der Waals surface area contributed by atoms with Gasteiger partial charge in [0.1, 0.15) is 5.82 Å². The molecule has 0 aliphatic carbocycles. The van der Waals surface area contributed by atoms with Gasteiger partial charge in [-0.2, -0.15) is 4.98 Å². The van der Waals surface area contributed by atoms with Crippen LogP contribution in [0.5, 0.6) is 11.5 Å². The number of nitrogens with zero attached hydrogens (tertiary/aromatic N) is 3. The Morgan fingerprint density at radius 2 is 2.00 bits per heavy atom. The molecule has 1 N–H and O–H groups in total. The number of carbonyl (C=O) groups is 1. The van der Waals surface area contributed by atoms with Crippen LogP contribution in [-0.4, -0.2) is 42.9 Å². The fourth-order valence-corrected chi connectivity index (χ4v) is 3.67. The van der Waals surface area contributed by atoms with Gasteiger partial charge in [-0.15, -0.1) is 0 Å². The number of piperidine rings is 1. The molecule has 8 nitrogen and oxygen atoms in total. The molecule has 1 amide bonds. The molecule has 4 rings (SSSR count).